The molecule has 2 N–H and O–H groups in total. The Labute approximate surface area is 146 Å². The van der Waals surface area contributed by atoms with Crippen molar-refractivity contribution in [3.05, 3.63) is 47.0 Å². The van der Waals surface area contributed by atoms with Gasteiger partial charge >= 0.3 is 6.03 Å². The second-order valence-corrected chi connectivity index (χ2v) is 7.61. The Morgan fingerprint density at radius 1 is 0.917 bits per heavy atom. The molecule has 7 heteroatoms. The topological polar surface area (TPSA) is 66.9 Å². The summed E-state index contributed by atoms with van der Waals surface area (Å²) in [5.74, 6) is 0. The monoisotopic (exact) mass is 354 g/mol. The summed E-state index contributed by atoms with van der Waals surface area (Å²) in [5, 5.41) is 7.28. The molecule has 0 aliphatic rings. The highest BCUT2D eigenvalue weighted by molar-refractivity contribution is 7.28. The molecule has 0 aliphatic carbocycles. The fraction of sp³-hybridized carbons (Fsp3) is 0.118. The van der Waals surface area contributed by atoms with Crippen LogP contribution in [0.1, 0.15) is 10.6 Å². The van der Waals surface area contributed by atoms with Gasteiger partial charge in [0.1, 0.15) is 0 Å². The van der Waals surface area contributed by atoms with Crippen LogP contribution in [0.5, 0.6) is 0 Å². The summed E-state index contributed by atoms with van der Waals surface area (Å²) in [6.45, 7) is 3.95. The van der Waals surface area contributed by atoms with E-state index in [0.29, 0.717) is 5.13 Å². The first kappa shape index (κ1) is 15.0. The quantitative estimate of drug-likeness (QED) is 0.522. The normalized spacial score (nSPS) is 11.1. The van der Waals surface area contributed by atoms with E-state index in [1.807, 2.05) is 50.2 Å². The molecule has 4 aromatic rings. The molecule has 0 unspecified atom stereocenters. The van der Waals surface area contributed by atoms with Crippen LogP contribution in [-0.2, 0) is 0 Å². The Morgan fingerprint density at radius 3 is 2.42 bits per heavy atom. The van der Waals surface area contributed by atoms with Gasteiger partial charge in [-0.1, -0.05) is 29.5 Å². The molecular formula is C17H14N4OS2. The van der Waals surface area contributed by atoms with Gasteiger partial charge in [0.15, 0.2) is 5.13 Å². The second-order valence-electron chi connectivity index (χ2n) is 5.41. The van der Waals surface area contributed by atoms with E-state index in [4.69, 9.17) is 0 Å². The van der Waals surface area contributed by atoms with Crippen LogP contribution in [-0.4, -0.2) is 16.0 Å². The highest BCUT2D eigenvalue weighted by Gasteiger charge is 2.12. The molecule has 0 bridgehead atoms. The number of hydrogen-bond acceptors (Lipinski definition) is 5. The number of anilines is 2. The number of aromatic nitrogens is 2. The first-order valence-corrected chi connectivity index (χ1v) is 9.04. The summed E-state index contributed by atoms with van der Waals surface area (Å²) in [6.07, 6.45) is 0. The number of fused-ring (bicyclic) bond motifs is 3. The number of hydrogen-bond donors (Lipinski definition) is 2. The highest BCUT2D eigenvalue weighted by Crippen LogP contribution is 2.35. The van der Waals surface area contributed by atoms with Gasteiger partial charge in [0.25, 0.3) is 0 Å². The molecule has 2 aromatic heterocycles. The lowest BCUT2D eigenvalue weighted by Gasteiger charge is -2.07. The number of urea groups is 1. The van der Waals surface area contributed by atoms with E-state index < -0.39 is 0 Å². The van der Waals surface area contributed by atoms with Crippen LogP contribution in [0, 0.1) is 13.8 Å². The molecule has 120 valence electrons. The van der Waals surface area contributed by atoms with E-state index in [0.717, 1.165) is 36.7 Å². The van der Waals surface area contributed by atoms with Crippen molar-refractivity contribution in [3.63, 3.8) is 0 Å². The standard InChI is InChI=1S/C17H14N4OS2/c1-9-5-3-4-6-11(9)19-16(22)21-17-20-13-8-7-12-14(15(13)24-17)23-10(2)18-12/h3-8H,1-2H3,(H2,19,20,21,22). The van der Waals surface area contributed by atoms with Crippen molar-refractivity contribution in [2.24, 2.45) is 0 Å². The lowest BCUT2D eigenvalue weighted by atomic mass is 10.2. The van der Waals surface area contributed by atoms with Crippen LogP contribution in [0.3, 0.4) is 0 Å². The molecule has 5 nitrogen and oxygen atoms in total. The molecule has 4 rings (SSSR count). The molecule has 2 heterocycles. The van der Waals surface area contributed by atoms with Gasteiger partial charge in [0.2, 0.25) is 0 Å². The largest absolute Gasteiger partial charge is 0.325 e. The minimum Gasteiger partial charge on any atom is -0.307 e. The molecule has 0 aliphatic heterocycles. The van der Waals surface area contributed by atoms with Crippen molar-refractivity contribution in [2.75, 3.05) is 10.6 Å². The molecule has 0 saturated carbocycles. The number of carbonyl (C=O) groups is 1. The summed E-state index contributed by atoms with van der Waals surface area (Å²) in [4.78, 5) is 21.2. The van der Waals surface area contributed by atoms with Gasteiger partial charge in [-0.15, -0.1) is 11.3 Å². The third-order valence-corrected chi connectivity index (χ3v) is 5.77. The number of amides is 2. The summed E-state index contributed by atoms with van der Waals surface area (Å²) >= 11 is 3.12. The number of aryl methyl sites for hydroxylation is 2. The van der Waals surface area contributed by atoms with Crippen LogP contribution in [0.25, 0.3) is 20.4 Å². The van der Waals surface area contributed by atoms with Crippen LogP contribution < -0.4 is 10.6 Å². The zero-order chi connectivity index (χ0) is 16.7. The van der Waals surface area contributed by atoms with Crippen molar-refractivity contribution in [3.8, 4) is 0 Å². The fourth-order valence-electron chi connectivity index (χ4n) is 2.50. The van der Waals surface area contributed by atoms with E-state index >= 15 is 0 Å². The van der Waals surface area contributed by atoms with Crippen molar-refractivity contribution < 1.29 is 4.79 Å². The second kappa shape index (κ2) is 5.85. The van der Waals surface area contributed by atoms with E-state index in [9.17, 15) is 4.79 Å². The Bertz CT molecular complexity index is 1070. The van der Waals surface area contributed by atoms with Gasteiger partial charge in [-0.05, 0) is 37.6 Å². The lowest BCUT2D eigenvalue weighted by molar-refractivity contribution is 0.262. The predicted octanol–water partition coefficient (Wildman–Crippen LogP) is 5.17. The third-order valence-electron chi connectivity index (χ3n) is 3.63. The highest BCUT2D eigenvalue weighted by atomic mass is 32.1. The lowest BCUT2D eigenvalue weighted by Crippen LogP contribution is -2.19. The van der Waals surface area contributed by atoms with Gasteiger partial charge in [-0.25, -0.2) is 14.8 Å². The minimum atomic E-state index is -0.292. The zero-order valence-electron chi connectivity index (χ0n) is 13.1. The van der Waals surface area contributed by atoms with Gasteiger partial charge in [0.05, 0.1) is 25.4 Å². The zero-order valence-corrected chi connectivity index (χ0v) is 14.7. The maximum atomic E-state index is 12.2. The van der Waals surface area contributed by atoms with E-state index in [-0.39, 0.29) is 6.03 Å². The molecule has 0 spiro atoms. The number of para-hydroxylation sites is 1. The van der Waals surface area contributed by atoms with Gasteiger partial charge < -0.3 is 5.32 Å². The summed E-state index contributed by atoms with van der Waals surface area (Å²) in [5.41, 5.74) is 3.65. The van der Waals surface area contributed by atoms with Crippen molar-refractivity contribution in [1.29, 1.82) is 0 Å². The average Bonchev–Trinajstić information content (AvgIpc) is 3.11. The molecule has 2 amide bonds. The minimum absolute atomic E-state index is 0.292. The molecule has 0 atom stereocenters. The Kier molecular flexibility index (Phi) is 3.66. The van der Waals surface area contributed by atoms with Crippen LogP contribution >= 0.6 is 22.7 Å². The van der Waals surface area contributed by atoms with Crippen LogP contribution in [0.4, 0.5) is 15.6 Å². The third kappa shape index (κ3) is 2.72. The Balaban J connectivity index is 1.61. The Morgan fingerprint density at radius 2 is 1.62 bits per heavy atom. The maximum absolute atomic E-state index is 12.2. The van der Waals surface area contributed by atoms with Crippen molar-refractivity contribution in [2.45, 2.75) is 13.8 Å². The van der Waals surface area contributed by atoms with Gasteiger partial charge in [-0.3, -0.25) is 5.32 Å². The number of thiazole rings is 2. The molecule has 0 fully saturated rings. The van der Waals surface area contributed by atoms with Crippen molar-refractivity contribution >= 4 is 60.0 Å². The summed E-state index contributed by atoms with van der Waals surface area (Å²) in [6, 6.07) is 11.3. The van der Waals surface area contributed by atoms with E-state index in [1.54, 1.807) is 11.3 Å². The Hall–Kier alpha value is -2.51. The SMILES string of the molecule is Cc1nc2ccc3nc(NC(=O)Nc4ccccc4C)sc3c2s1. The fourth-order valence-corrected chi connectivity index (χ4v) is 4.50. The van der Waals surface area contributed by atoms with E-state index in [1.165, 1.54) is 11.3 Å². The number of nitrogens with one attached hydrogen (secondary N) is 2. The van der Waals surface area contributed by atoms with E-state index in [2.05, 4.69) is 20.6 Å². The first-order chi connectivity index (χ1) is 11.6. The van der Waals surface area contributed by atoms with Crippen LogP contribution in [0.15, 0.2) is 36.4 Å². The van der Waals surface area contributed by atoms with Gasteiger partial charge in [-0.2, -0.15) is 0 Å². The number of nitrogens with zero attached hydrogens (tertiary/aromatic N) is 2. The smallest absolute Gasteiger partial charge is 0.307 e. The number of rotatable bonds is 2. The summed E-state index contributed by atoms with van der Waals surface area (Å²) < 4.78 is 2.18. The molecule has 0 radical (unpaired) electrons. The first-order valence-electron chi connectivity index (χ1n) is 7.40. The summed E-state index contributed by atoms with van der Waals surface area (Å²) in [7, 11) is 0. The molecule has 0 saturated heterocycles. The molecule has 2 aromatic carbocycles. The number of benzene rings is 2. The molecule has 24 heavy (non-hydrogen) atoms. The number of carbonyl (C=O) groups excluding carboxylic acids is 1. The molecular weight excluding hydrogens is 340 g/mol. The average molecular weight is 354 g/mol. The van der Waals surface area contributed by atoms with Crippen LogP contribution in [0.2, 0.25) is 0 Å². The van der Waals surface area contributed by atoms with Crippen molar-refractivity contribution in [1.82, 2.24) is 9.97 Å². The maximum Gasteiger partial charge on any atom is 0.325 e. The predicted molar refractivity (Wildman–Crippen MR) is 101 cm³/mol. The van der Waals surface area contributed by atoms with Gasteiger partial charge in [0, 0.05) is 5.69 Å².